The number of rotatable bonds is 0. The van der Waals surface area contributed by atoms with Gasteiger partial charge in [0.25, 0.3) is 0 Å². The van der Waals surface area contributed by atoms with Crippen LogP contribution in [0.15, 0.2) is 0 Å². The van der Waals surface area contributed by atoms with Crippen LogP contribution in [-0.2, 0) is 0 Å². The molecule has 58 valence electrons. The minimum Gasteiger partial charge on any atom is -0.269 e. The third-order valence-electron chi connectivity index (χ3n) is 3.08. The topological polar surface area (TPSA) is 29.3 Å². The average molecular weight is 140 g/mol. The molecule has 1 saturated carbocycles. The zero-order chi connectivity index (χ0) is 6.97. The third-order valence-corrected chi connectivity index (χ3v) is 3.08. The first kappa shape index (κ1) is 6.62. The molecular weight excluding hydrogens is 124 g/mol. The number of fused-ring (bicyclic) bond motifs is 4. The molecule has 2 nitrogen and oxygen atoms in total. The molecule has 0 aromatic rings. The van der Waals surface area contributed by atoms with Gasteiger partial charge in [-0.1, -0.05) is 0 Å². The number of hydrogen-bond donors (Lipinski definition) is 1. The quantitative estimate of drug-likeness (QED) is 0.511. The number of hydrazine groups is 1. The second-order valence-electron chi connectivity index (χ2n) is 3.70. The first-order chi connectivity index (χ1) is 4.86. The van der Waals surface area contributed by atoms with Crippen molar-refractivity contribution < 1.29 is 0 Å². The van der Waals surface area contributed by atoms with E-state index >= 15 is 0 Å². The number of nitrogens with zero attached hydrogens (tertiary/aromatic N) is 1. The molecule has 0 radical (unpaired) electrons. The van der Waals surface area contributed by atoms with Crippen LogP contribution < -0.4 is 5.84 Å². The van der Waals surface area contributed by atoms with E-state index in [9.17, 15) is 0 Å². The molecule has 3 rings (SSSR count). The van der Waals surface area contributed by atoms with Gasteiger partial charge < -0.3 is 0 Å². The van der Waals surface area contributed by atoms with Crippen molar-refractivity contribution in [1.82, 2.24) is 5.01 Å². The maximum absolute atomic E-state index is 5.85. The number of nitrogens with two attached hydrogens (primary N) is 1. The van der Waals surface area contributed by atoms with E-state index in [2.05, 4.69) is 5.01 Å². The maximum Gasteiger partial charge on any atom is 0.0241 e. The molecule has 0 spiro atoms. The molecule has 0 aromatic carbocycles. The molecule has 2 aliphatic heterocycles. The predicted octanol–water partition coefficient (Wildman–Crippen LogP) is 1.12. The van der Waals surface area contributed by atoms with Crippen LogP contribution in [0.3, 0.4) is 0 Å². The van der Waals surface area contributed by atoms with Crippen LogP contribution in [0.25, 0.3) is 0 Å². The fourth-order valence-electron chi connectivity index (χ4n) is 2.28. The highest BCUT2D eigenvalue weighted by molar-refractivity contribution is 4.81. The zero-order valence-corrected chi connectivity index (χ0v) is 6.42. The highest BCUT2D eigenvalue weighted by atomic mass is 15.4. The second kappa shape index (κ2) is 2.51. The van der Waals surface area contributed by atoms with E-state index in [1.807, 2.05) is 0 Å². The fourth-order valence-corrected chi connectivity index (χ4v) is 2.28. The predicted molar refractivity (Wildman–Crippen MR) is 41.3 cm³/mol. The molecule has 0 unspecified atom stereocenters. The molecular formula is C8H16N2. The van der Waals surface area contributed by atoms with Crippen LogP contribution >= 0.6 is 0 Å². The first-order valence-corrected chi connectivity index (χ1v) is 4.37. The minimum absolute atomic E-state index is 0.721. The molecule has 2 heteroatoms. The van der Waals surface area contributed by atoms with E-state index in [0.717, 1.165) is 18.5 Å². The highest BCUT2D eigenvalue weighted by Gasteiger charge is 2.28. The smallest absolute Gasteiger partial charge is 0.0241 e. The standard InChI is InChI=1S/C8H16N2/c9-10-6-5-7-1-3-8(10)4-2-7/h7-8H,1-6,9H2. The summed E-state index contributed by atoms with van der Waals surface area (Å²) in [5, 5.41) is 2.06. The van der Waals surface area contributed by atoms with Crippen LogP contribution in [0, 0.1) is 5.92 Å². The van der Waals surface area contributed by atoms with Crippen molar-refractivity contribution in [1.29, 1.82) is 0 Å². The summed E-state index contributed by atoms with van der Waals surface area (Å²) in [5.41, 5.74) is 0. The van der Waals surface area contributed by atoms with Crippen molar-refractivity contribution in [3.63, 3.8) is 0 Å². The average Bonchev–Trinajstić information content (AvgIpc) is 2.24. The molecule has 2 bridgehead atoms. The lowest BCUT2D eigenvalue weighted by molar-refractivity contribution is 0.190. The SMILES string of the molecule is NN1CCC2CCC1CC2. The van der Waals surface area contributed by atoms with Crippen molar-refractivity contribution in [3.8, 4) is 0 Å². The summed E-state index contributed by atoms with van der Waals surface area (Å²) < 4.78 is 0. The minimum atomic E-state index is 0.721. The van der Waals surface area contributed by atoms with E-state index in [1.54, 1.807) is 0 Å². The Bertz CT molecular complexity index is 116. The van der Waals surface area contributed by atoms with Gasteiger partial charge in [0.05, 0.1) is 0 Å². The van der Waals surface area contributed by atoms with E-state index in [0.29, 0.717) is 0 Å². The van der Waals surface area contributed by atoms with Gasteiger partial charge in [-0.05, 0) is 38.0 Å². The molecule has 0 atom stereocenters. The Morgan fingerprint density at radius 3 is 2.40 bits per heavy atom. The normalized spacial score (nSPS) is 41.7. The van der Waals surface area contributed by atoms with Crippen molar-refractivity contribution in [2.75, 3.05) is 6.54 Å². The molecule has 0 aromatic heterocycles. The molecule has 0 amide bonds. The van der Waals surface area contributed by atoms with Crippen molar-refractivity contribution in [2.24, 2.45) is 11.8 Å². The van der Waals surface area contributed by atoms with E-state index in [-0.39, 0.29) is 0 Å². The van der Waals surface area contributed by atoms with Gasteiger partial charge in [-0.2, -0.15) is 0 Å². The lowest BCUT2D eigenvalue weighted by Gasteiger charge is -2.26. The first-order valence-electron chi connectivity index (χ1n) is 4.37. The van der Waals surface area contributed by atoms with Gasteiger partial charge in [0.1, 0.15) is 0 Å². The molecule has 3 fully saturated rings. The van der Waals surface area contributed by atoms with Gasteiger partial charge in [0, 0.05) is 12.6 Å². The van der Waals surface area contributed by atoms with Gasteiger partial charge in [0.15, 0.2) is 0 Å². The molecule has 10 heavy (non-hydrogen) atoms. The van der Waals surface area contributed by atoms with Crippen LogP contribution in [0.1, 0.15) is 32.1 Å². The zero-order valence-electron chi connectivity index (χ0n) is 6.42. The number of hydrogen-bond acceptors (Lipinski definition) is 2. The van der Waals surface area contributed by atoms with Crippen LogP contribution in [0.5, 0.6) is 0 Å². The lowest BCUT2D eigenvalue weighted by atomic mass is 9.87. The van der Waals surface area contributed by atoms with Crippen LogP contribution in [0.2, 0.25) is 0 Å². The summed E-state index contributed by atoms with van der Waals surface area (Å²) in [5.74, 6) is 6.85. The van der Waals surface area contributed by atoms with E-state index < -0.39 is 0 Å². The van der Waals surface area contributed by atoms with E-state index in [1.165, 1.54) is 32.1 Å². The van der Waals surface area contributed by atoms with Crippen molar-refractivity contribution >= 4 is 0 Å². The summed E-state index contributed by atoms with van der Waals surface area (Å²) in [4.78, 5) is 0. The Hall–Kier alpha value is -0.0800. The van der Waals surface area contributed by atoms with Crippen molar-refractivity contribution in [2.45, 2.75) is 38.1 Å². The van der Waals surface area contributed by atoms with Crippen molar-refractivity contribution in [3.05, 3.63) is 0 Å². The van der Waals surface area contributed by atoms with Gasteiger partial charge >= 0.3 is 0 Å². The molecule has 2 saturated heterocycles. The monoisotopic (exact) mass is 140 g/mol. The summed E-state index contributed by atoms with van der Waals surface area (Å²) in [6.07, 6.45) is 6.89. The largest absolute Gasteiger partial charge is 0.269 e. The van der Waals surface area contributed by atoms with Gasteiger partial charge in [-0.25, -0.2) is 5.01 Å². The summed E-state index contributed by atoms with van der Waals surface area (Å²) in [6.45, 7) is 1.13. The molecule has 2 N–H and O–H groups in total. The van der Waals surface area contributed by atoms with Crippen LogP contribution in [-0.4, -0.2) is 17.6 Å². The van der Waals surface area contributed by atoms with Gasteiger partial charge in [0.2, 0.25) is 0 Å². The summed E-state index contributed by atoms with van der Waals surface area (Å²) in [6, 6.07) is 0.721. The Balaban J connectivity index is 2.07. The van der Waals surface area contributed by atoms with Gasteiger partial charge in [-0.3, -0.25) is 5.84 Å². The van der Waals surface area contributed by atoms with E-state index in [4.69, 9.17) is 5.84 Å². The Kier molecular flexibility index (Phi) is 1.66. The lowest BCUT2D eigenvalue weighted by Crippen LogP contribution is -2.40. The maximum atomic E-state index is 5.85. The molecule has 2 heterocycles. The fraction of sp³-hybridized carbons (Fsp3) is 1.00. The summed E-state index contributed by atoms with van der Waals surface area (Å²) in [7, 11) is 0. The Morgan fingerprint density at radius 1 is 1.00 bits per heavy atom. The third kappa shape index (κ3) is 1.06. The Labute approximate surface area is 62.4 Å². The van der Waals surface area contributed by atoms with Crippen LogP contribution in [0.4, 0.5) is 0 Å². The highest BCUT2D eigenvalue weighted by Crippen LogP contribution is 2.32. The molecule has 1 aliphatic carbocycles. The van der Waals surface area contributed by atoms with Gasteiger partial charge in [-0.15, -0.1) is 0 Å². The Morgan fingerprint density at radius 2 is 1.70 bits per heavy atom. The second-order valence-corrected chi connectivity index (χ2v) is 3.70. The molecule has 3 aliphatic rings. The summed E-state index contributed by atoms with van der Waals surface area (Å²) >= 11 is 0.